The van der Waals surface area contributed by atoms with Gasteiger partial charge in [-0.15, -0.1) is 11.4 Å². The molecular weight excluding hydrogens is 831 g/mol. The van der Waals surface area contributed by atoms with E-state index >= 15 is 0 Å². The van der Waals surface area contributed by atoms with Gasteiger partial charge in [-0.1, -0.05) is 0 Å². The fraction of sp³-hybridized carbons (Fsp3) is 0.0690. The summed E-state index contributed by atoms with van der Waals surface area (Å²) < 4.78 is 0. The van der Waals surface area contributed by atoms with Crippen molar-refractivity contribution in [3.05, 3.63) is 142 Å². The van der Waals surface area contributed by atoms with E-state index in [0.717, 1.165) is 16.9 Å². The van der Waals surface area contributed by atoms with Crippen molar-refractivity contribution in [1.82, 2.24) is 24.8 Å². The molecule has 0 aliphatic carbocycles. The minimum atomic E-state index is 0. The molecular formula is C29H25Ir2N7. The summed E-state index contributed by atoms with van der Waals surface area (Å²) in [4.78, 5) is 19.7. The average Bonchev–Trinajstić information content (AvgIpc) is 3.60. The number of anilines is 2. The first-order chi connectivity index (χ1) is 17.7. The van der Waals surface area contributed by atoms with Crippen LogP contribution in [0.2, 0.25) is 0 Å². The molecule has 0 atom stereocenters. The Kier molecular flexibility index (Phi) is 13.4. The average molecular weight is 856 g/mol. The van der Waals surface area contributed by atoms with Crippen molar-refractivity contribution < 1.29 is 40.2 Å². The van der Waals surface area contributed by atoms with E-state index in [2.05, 4.69) is 39.2 Å². The van der Waals surface area contributed by atoms with E-state index < -0.39 is 0 Å². The van der Waals surface area contributed by atoms with E-state index in [-0.39, 0.29) is 40.2 Å². The molecule has 2 aliphatic rings. The molecule has 0 saturated heterocycles. The van der Waals surface area contributed by atoms with Crippen LogP contribution in [0.1, 0.15) is 0 Å². The molecule has 9 heteroatoms. The van der Waals surface area contributed by atoms with E-state index in [1.165, 1.54) is 12.7 Å². The summed E-state index contributed by atoms with van der Waals surface area (Å²) in [7, 11) is 4.00. The van der Waals surface area contributed by atoms with E-state index in [1.807, 2.05) is 126 Å². The molecule has 7 nitrogen and oxygen atoms in total. The van der Waals surface area contributed by atoms with Crippen LogP contribution >= 0.6 is 0 Å². The smallest absolute Gasteiger partial charge is 0.510 e. The third-order valence-corrected chi connectivity index (χ3v) is 4.84. The quantitative estimate of drug-likeness (QED) is 0.275. The summed E-state index contributed by atoms with van der Waals surface area (Å²) in [5, 5.41) is 0. The second-order valence-electron chi connectivity index (χ2n) is 7.62. The topological polar surface area (TPSA) is 51.6 Å². The molecule has 38 heavy (non-hydrogen) atoms. The maximum Gasteiger partial charge on any atom is 3.00 e. The molecule has 1 aromatic heterocycles. The molecule has 0 amide bonds. The van der Waals surface area contributed by atoms with Gasteiger partial charge in [0.25, 0.3) is 0 Å². The second-order valence-corrected chi connectivity index (χ2v) is 7.62. The normalized spacial score (nSPS) is 13.0. The van der Waals surface area contributed by atoms with Crippen molar-refractivity contribution in [2.45, 2.75) is 0 Å². The maximum absolute atomic E-state index is 3.96. The van der Waals surface area contributed by atoms with Gasteiger partial charge in [0.05, 0.1) is 12.7 Å². The summed E-state index contributed by atoms with van der Waals surface area (Å²) >= 11 is 0. The molecule has 0 fully saturated rings. The van der Waals surface area contributed by atoms with Crippen LogP contribution in [0.15, 0.2) is 104 Å². The Morgan fingerprint density at radius 3 is 1.47 bits per heavy atom. The molecule has 0 unspecified atom stereocenters. The number of nitrogens with zero attached hydrogens (tertiary/aromatic N) is 7. The molecule has 0 bridgehead atoms. The Morgan fingerprint density at radius 2 is 1.08 bits per heavy atom. The fourth-order valence-corrected chi connectivity index (χ4v) is 3.12. The number of aromatic nitrogens is 3. The Hall–Kier alpha value is -3.35. The summed E-state index contributed by atoms with van der Waals surface area (Å²) in [5.41, 5.74) is 2.90. The van der Waals surface area contributed by atoms with Gasteiger partial charge >= 0.3 is 40.2 Å². The maximum atomic E-state index is 3.96. The number of rotatable bonds is 3. The summed E-state index contributed by atoms with van der Waals surface area (Å²) in [6, 6.07) is 33.5. The second kappa shape index (κ2) is 16.5. The summed E-state index contributed by atoms with van der Waals surface area (Å²) in [5.74, 6) is 0.602. The van der Waals surface area contributed by atoms with Crippen LogP contribution < -0.4 is 9.80 Å². The molecule has 4 aromatic rings. The van der Waals surface area contributed by atoms with E-state index in [0.29, 0.717) is 5.82 Å². The minimum Gasteiger partial charge on any atom is -0.510 e. The summed E-state index contributed by atoms with van der Waals surface area (Å²) in [6.07, 6.45) is 10.9. The SMILES string of the molecule is CN1C=CN(c2[c-]cccc2)[CH-]1.CN1C=CN(c2[c-]cccc2)[CH-]1.[Ir+3].[Ir+3].[c-]1ccc[c-]c1-c1ncncn1. The van der Waals surface area contributed by atoms with Crippen molar-refractivity contribution in [2.75, 3.05) is 23.9 Å². The standard InChI is InChI=1S/2C10H10N2.C9H5N3.2Ir/c2*1-11-7-8-12(9-11)10-5-3-2-4-6-10;1-2-4-8(5-3-1)9-11-6-10-7-12-9;;/h2*2-5,7-9H,1H3;1-3,6-7H;;/q3*-2;2*+3. The molecule has 3 aromatic carbocycles. The van der Waals surface area contributed by atoms with Crippen LogP contribution in [0.5, 0.6) is 0 Å². The molecule has 2 aliphatic heterocycles. The zero-order valence-electron chi connectivity index (χ0n) is 20.8. The van der Waals surface area contributed by atoms with E-state index in [4.69, 9.17) is 0 Å². The van der Waals surface area contributed by atoms with Crippen LogP contribution in [0.25, 0.3) is 11.4 Å². The third-order valence-electron chi connectivity index (χ3n) is 4.84. The predicted molar refractivity (Wildman–Crippen MR) is 141 cm³/mol. The van der Waals surface area contributed by atoms with Gasteiger partial charge in [-0.3, -0.25) is 12.1 Å². The van der Waals surface area contributed by atoms with Crippen molar-refractivity contribution in [3.8, 4) is 11.4 Å². The molecule has 0 N–H and O–H groups in total. The zero-order chi connectivity index (χ0) is 25.0. The molecule has 6 rings (SSSR count). The largest absolute Gasteiger partial charge is 3.00 e. The first kappa shape index (κ1) is 30.9. The van der Waals surface area contributed by atoms with Crippen molar-refractivity contribution >= 4 is 11.4 Å². The minimum absolute atomic E-state index is 0. The van der Waals surface area contributed by atoms with Gasteiger partial charge in [0.2, 0.25) is 0 Å². The van der Waals surface area contributed by atoms with E-state index in [9.17, 15) is 0 Å². The Bertz CT molecular complexity index is 1130. The molecule has 0 spiro atoms. The van der Waals surface area contributed by atoms with Crippen LogP contribution in [0.4, 0.5) is 11.4 Å². The van der Waals surface area contributed by atoms with Crippen molar-refractivity contribution in [2.24, 2.45) is 0 Å². The van der Waals surface area contributed by atoms with Crippen molar-refractivity contribution in [1.29, 1.82) is 0 Å². The first-order valence-electron chi connectivity index (χ1n) is 11.2. The Morgan fingerprint density at radius 1 is 0.605 bits per heavy atom. The van der Waals surface area contributed by atoms with Gasteiger partial charge in [0.15, 0.2) is 0 Å². The van der Waals surface area contributed by atoms with Gasteiger partial charge in [-0.25, -0.2) is 28.7 Å². The van der Waals surface area contributed by atoms with Gasteiger partial charge in [-0.05, 0) is 44.7 Å². The zero-order valence-corrected chi connectivity index (χ0v) is 25.6. The number of para-hydroxylation sites is 2. The fourth-order valence-electron chi connectivity index (χ4n) is 3.12. The first-order valence-corrected chi connectivity index (χ1v) is 11.2. The number of benzene rings is 3. The Balaban J connectivity index is 0.000000195. The van der Waals surface area contributed by atoms with Crippen LogP contribution in [-0.4, -0.2) is 38.8 Å². The predicted octanol–water partition coefficient (Wildman–Crippen LogP) is 4.79. The molecule has 3 heterocycles. The molecule has 0 saturated carbocycles. The van der Waals surface area contributed by atoms with Crippen LogP contribution in [-0.2, 0) is 40.2 Å². The summed E-state index contributed by atoms with van der Waals surface area (Å²) in [6.45, 7) is 4.01. The van der Waals surface area contributed by atoms with Gasteiger partial charge in [-0.2, -0.15) is 74.0 Å². The molecule has 194 valence electrons. The van der Waals surface area contributed by atoms with Gasteiger partial charge < -0.3 is 29.6 Å². The third kappa shape index (κ3) is 9.51. The van der Waals surface area contributed by atoms with Gasteiger partial charge in [0.1, 0.15) is 0 Å². The van der Waals surface area contributed by atoms with Crippen LogP contribution in [0, 0.1) is 37.6 Å². The van der Waals surface area contributed by atoms with Crippen molar-refractivity contribution in [3.63, 3.8) is 0 Å². The van der Waals surface area contributed by atoms with E-state index in [1.54, 1.807) is 12.1 Å². The number of hydrogen-bond acceptors (Lipinski definition) is 7. The number of hydrogen-bond donors (Lipinski definition) is 0. The molecule has 0 radical (unpaired) electrons. The Labute approximate surface area is 252 Å². The van der Waals surface area contributed by atoms with Gasteiger partial charge in [0, 0.05) is 0 Å². The monoisotopic (exact) mass is 857 g/mol. The van der Waals surface area contributed by atoms with Crippen LogP contribution in [0.3, 0.4) is 0 Å².